The van der Waals surface area contributed by atoms with Crippen molar-refractivity contribution < 1.29 is 19.4 Å². The highest BCUT2D eigenvalue weighted by atomic mass is 16.7. The van der Waals surface area contributed by atoms with E-state index in [1.807, 2.05) is 12.1 Å². The van der Waals surface area contributed by atoms with Crippen molar-refractivity contribution in [3.05, 3.63) is 23.3 Å². The molecule has 3 aliphatic heterocycles. The van der Waals surface area contributed by atoms with E-state index in [1.54, 1.807) is 0 Å². The van der Waals surface area contributed by atoms with Gasteiger partial charge in [0.05, 0.1) is 0 Å². The van der Waals surface area contributed by atoms with Gasteiger partial charge in [-0.2, -0.15) is 0 Å². The van der Waals surface area contributed by atoms with E-state index in [-0.39, 0.29) is 24.0 Å². The summed E-state index contributed by atoms with van der Waals surface area (Å²) in [5, 5.41) is 10.6. The second-order valence-corrected chi connectivity index (χ2v) is 6.91. The molecule has 116 valence electrons. The maximum atomic E-state index is 12.3. The molecule has 1 aromatic carbocycles. The molecule has 0 unspecified atom stereocenters. The zero-order valence-corrected chi connectivity index (χ0v) is 12.4. The number of ether oxygens (including phenoxy) is 2. The minimum atomic E-state index is -0.891. The maximum Gasteiger partial charge on any atom is 0.231 e. The Labute approximate surface area is 128 Å². The number of hydrogen-bond donors (Lipinski definition) is 1. The normalized spacial score (nSPS) is 36.0. The third-order valence-electron chi connectivity index (χ3n) is 5.99. The minimum Gasteiger partial charge on any atom is -0.454 e. The molecular weight excluding hydrogens is 282 g/mol. The Kier molecular flexibility index (Phi) is 2.48. The summed E-state index contributed by atoms with van der Waals surface area (Å²) in [6.45, 7) is 2.22. The molecule has 3 heterocycles. The molecule has 0 bridgehead atoms. The van der Waals surface area contributed by atoms with Crippen LogP contribution in [-0.4, -0.2) is 47.3 Å². The Morgan fingerprint density at radius 3 is 2.91 bits per heavy atom. The highest BCUT2D eigenvalue weighted by molar-refractivity contribution is 5.89. The van der Waals surface area contributed by atoms with Gasteiger partial charge in [0, 0.05) is 24.4 Å². The van der Waals surface area contributed by atoms with Crippen LogP contribution in [0.1, 0.15) is 36.3 Å². The molecule has 1 aliphatic carbocycles. The number of aliphatic hydroxyl groups excluding tert-OH is 1. The molecule has 1 saturated carbocycles. The van der Waals surface area contributed by atoms with Crippen molar-refractivity contribution in [2.45, 2.75) is 43.2 Å². The van der Waals surface area contributed by atoms with Crippen molar-refractivity contribution in [2.75, 3.05) is 19.9 Å². The molecule has 1 N–H and O–H groups in total. The molecule has 3 atom stereocenters. The third kappa shape index (κ3) is 1.48. The molecule has 0 radical (unpaired) electrons. The van der Waals surface area contributed by atoms with Crippen LogP contribution in [0.2, 0.25) is 0 Å². The maximum absolute atomic E-state index is 12.3. The monoisotopic (exact) mass is 301 g/mol. The fourth-order valence-corrected chi connectivity index (χ4v) is 5.06. The van der Waals surface area contributed by atoms with Gasteiger partial charge in [0.15, 0.2) is 17.3 Å². The number of carbonyl (C=O) groups excluding carboxylic acids is 1. The summed E-state index contributed by atoms with van der Waals surface area (Å²) in [6.07, 6.45) is 2.63. The zero-order chi connectivity index (χ0) is 14.9. The quantitative estimate of drug-likeness (QED) is 0.781. The van der Waals surface area contributed by atoms with E-state index < -0.39 is 6.10 Å². The lowest BCUT2D eigenvalue weighted by Gasteiger charge is -2.38. The van der Waals surface area contributed by atoms with E-state index >= 15 is 0 Å². The van der Waals surface area contributed by atoms with Gasteiger partial charge >= 0.3 is 0 Å². The third-order valence-corrected chi connectivity index (χ3v) is 5.99. The van der Waals surface area contributed by atoms with Crippen molar-refractivity contribution >= 4 is 5.78 Å². The van der Waals surface area contributed by atoms with Crippen molar-refractivity contribution in [1.29, 1.82) is 0 Å². The van der Waals surface area contributed by atoms with E-state index in [1.165, 1.54) is 5.56 Å². The van der Waals surface area contributed by atoms with Crippen LogP contribution in [0, 0.1) is 0 Å². The van der Waals surface area contributed by atoms with E-state index in [9.17, 15) is 9.90 Å². The number of nitrogens with zero attached hydrogens (tertiary/aromatic N) is 1. The summed E-state index contributed by atoms with van der Waals surface area (Å²) < 4.78 is 11.0. The largest absolute Gasteiger partial charge is 0.454 e. The number of fused-ring (bicyclic) bond motifs is 3. The van der Waals surface area contributed by atoms with Crippen LogP contribution in [-0.2, 0) is 11.2 Å². The Hall–Kier alpha value is -1.59. The SMILES string of the molecule is O=C1C[C@]23CCCN2CCc2cc4c(cc2[C@@H]3[C@@H]1O)OCO4. The first kappa shape index (κ1) is 12.9. The first-order valence-corrected chi connectivity index (χ1v) is 8.07. The lowest BCUT2D eigenvalue weighted by atomic mass is 9.78. The average Bonchev–Trinajstić information content (AvgIpc) is 3.15. The van der Waals surface area contributed by atoms with Gasteiger partial charge in [0.1, 0.15) is 6.10 Å². The van der Waals surface area contributed by atoms with Crippen LogP contribution in [0.25, 0.3) is 0 Å². The van der Waals surface area contributed by atoms with Gasteiger partial charge in [-0.05, 0) is 49.1 Å². The number of rotatable bonds is 0. The highest BCUT2D eigenvalue weighted by Gasteiger charge is 2.59. The van der Waals surface area contributed by atoms with Crippen molar-refractivity contribution in [3.63, 3.8) is 0 Å². The van der Waals surface area contributed by atoms with E-state index in [0.717, 1.165) is 49.4 Å². The molecule has 22 heavy (non-hydrogen) atoms. The number of ketones is 1. The van der Waals surface area contributed by atoms with E-state index in [0.29, 0.717) is 6.42 Å². The predicted molar refractivity (Wildman–Crippen MR) is 78.2 cm³/mol. The first-order valence-electron chi connectivity index (χ1n) is 8.07. The topological polar surface area (TPSA) is 59.0 Å². The van der Waals surface area contributed by atoms with Gasteiger partial charge in [-0.3, -0.25) is 9.69 Å². The van der Waals surface area contributed by atoms with Gasteiger partial charge in [0.2, 0.25) is 6.79 Å². The van der Waals surface area contributed by atoms with Gasteiger partial charge in [-0.15, -0.1) is 0 Å². The van der Waals surface area contributed by atoms with Crippen LogP contribution in [0.3, 0.4) is 0 Å². The lowest BCUT2D eigenvalue weighted by molar-refractivity contribution is -0.124. The Morgan fingerprint density at radius 2 is 2.05 bits per heavy atom. The molecule has 5 heteroatoms. The van der Waals surface area contributed by atoms with Crippen LogP contribution in [0.4, 0.5) is 0 Å². The summed E-state index contributed by atoms with van der Waals surface area (Å²) in [5.41, 5.74) is 2.10. The second kappa shape index (κ2) is 4.24. The van der Waals surface area contributed by atoms with Crippen LogP contribution in [0.5, 0.6) is 11.5 Å². The molecular formula is C17H19NO4. The summed E-state index contributed by atoms with van der Waals surface area (Å²) in [6, 6.07) is 4.05. The van der Waals surface area contributed by atoms with E-state index in [4.69, 9.17) is 9.47 Å². The molecule has 2 fully saturated rings. The highest BCUT2D eigenvalue weighted by Crippen LogP contribution is 2.54. The Bertz CT molecular complexity index is 673. The van der Waals surface area contributed by atoms with Gasteiger partial charge < -0.3 is 14.6 Å². The smallest absolute Gasteiger partial charge is 0.231 e. The summed E-state index contributed by atoms with van der Waals surface area (Å²) >= 11 is 0. The predicted octanol–water partition coefficient (Wildman–Crippen LogP) is 1.22. The molecule has 1 aromatic rings. The lowest BCUT2D eigenvalue weighted by Crippen LogP contribution is -2.46. The average molecular weight is 301 g/mol. The van der Waals surface area contributed by atoms with Crippen molar-refractivity contribution in [1.82, 2.24) is 4.90 Å². The van der Waals surface area contributed by atoms with Gasteiger partial charge in [0.25, 0.3) is 0 Å². The molecule has 0 aromatic heterocycles. The van der Waals surface area contributed by atoms with Gasteiger partial charge in [-0.25, -0.2) is 0 Å². The zero-order valence-electron chi connectivity index (χ0n) is 12.4. The molecule has 1 spiro atoms. The number of carbonyl (C=O) groups is 1. The summed E-state index contributed by atoms with van der Waals surface area (Å²) in [5.74, 6) is 1.39. The molecule has 5 rings (SSSR count). The number of benzene rings is 1. The molecule has 0 amide bonds. The van der Waals surface area contributed by atoms with E-state index in [2.05, 4.69) is 4.90 Å². The second-order valence-electron chi connectivity index (χ2n) is 6.91. The standard InChI is InChI=1S/C17H19NO4/c19-12-8-17-3-1-4-18(17)5-2-10-6-13-14(22-9-21-13)7-11(10)15(17)16(12)20/h6-7,15-16,20H,1-5,8-9H2/t15-,16-,17+/m1/s1. The summed E-state index contributed by atoms with van der Waals surface area (Å²) in [7, 11) is 0. The van der Waals surface area contributed by atoms with Crippen LogP contribution >= 0.6 is 0 Å². The molecule has 4 aliphatic rings. The van der Waals surface area contributed by atoms with Crippen molar-refractivity contribution in [2.24, 2.45) is 0 Å². The fraction of sp³-hybridized carbons (Fsp3) is 0.588. The minimum absolute atomic E-state index is 0.0117. The molecule has 5 nitrogen and oxygen atoms in total. The number of hydrogen-bond acceptors (Lipinski definition) is 5. The van der Waals surface area contributed by atoms with Crippen LogP contribution < -0.4 is 9.47 Å². The Morgan fingerprint density at radius 1 is 1.23 bits per heavy atom. The van der Waals surface area contributed by atoms with Gasteiger partial charge in [-0.1, -0.05) is 0 Å². The number of aliphatic hydroxyl groups is 1. The first-order chi connectivity index (χ1) is 10.7. The summed E-state index contributed by atoms with van der Waals surface area (Å²) in [4.78, 5) is 14.7. The fourth-order valence-electron chi connectivity index (χ4n) is 5.06. The Balaban J connectivity index is 1.72. The number of Topliss-reactive ketones (excluding diaryl/α,β-unsaturated/α-hetero) is 1. The molecule has 1 saturated heterocycles. The van der Waals surface area contributed by atoms with Crippen LogP contribution in [0.15, 0.2) is 12.1 Å². The van der Waals surface area contributed by atoms with Crippen molar-refractivity contribution in [3.8, 4) is 11.5 Å².